The lowest BCUT2D eigenvalue weighted by molar-refractivity contribution is 0.410. The van der Waals surface area contributed by atoms with Gasteiger partial charge in [-0.2, -0.15) is 9.40 Å². The highest BCUT2D eigenvalue weighted by atomic mass is 35.5. The van der Waals surface area contributed by atoms with Crippen LogP contribution >= 0.6 is 11.6 Å². The van der Waals surface area contributed by atoms with Crippen molar-refractivity contribution < 1.29 is 13.2 Å². The third kappa shape index (κ3) is 3.30. The van der Waals surface area contributed by atoms with E-state index in [1.807, 2.05) is 54.1 Å². The van der Waals surface area contributed by atoms with Crippen molar-refractivity contribution in [1.82, 2.24) is 14.1 Å². The number of sulfonamides is 1. The molecule has 1 aromatic heterocycles. The molecule has 2 aromatic carbocycles. The van der Waals surface area contributed by atoms with Crippen molar-refractivity contribution in [3.63, 3.8) is 0 Å². The zero-order chi connectivity index (χ0) is 20.1. The van der Waals surface area contributed by atoms with Crippen LogP contribution in [0, 0.1) is 6.92 Å². The fraction of sp³-hybridized carbons (Fsp3) is 0.250. The lowest BCUT2D eigenvalue weighted by Gasteiger charge is -2.16. The van der Waals surface area contributed by atoms with Gasteiger partial charge in [-0.15, -0.1) is 0 Å². The molecule has 0 N–H and O–H groups in total. The number of rotatable bonds is 4. The third-order valence-electron chi connectivity index (χ3n) is 4.88. The van der Waals surface area contributed by atoms with E-state index in [2.05, 4.69) is 0 Å². The molecule has 0 saturated carbocycles. The molecule has 0 saturated heterocycles. The summed E-state index contributed by atoms with van der Waals surface area (Å²) in [5, 5.41) is 5.40. The van der Waals surface area contributed by atoms with Crippen LogP contribution in [0.2, 0.25) is 5.02 Å². The highest BCUT2D eigenvalue weighted by Crippen LogP contribution is 2.37. The van der Waals surface area contributed by atoms with Gasteiger partial charge in [-0.05, 0) is 36.8 Å². The lowest BCUT2D eigenvalue weighted by atomic mass is 10.1. The molecule has 0 spiro atoms. The van der Waals surface area contributed by atoms with E-state index in [0.29, 0.717) is 17.3 Å². The van der Waals surface area contributed by atoms with Crippen LogP contribution in [-0.2, 0) is 23.1 Å². The van der Waals surface area contributed by atoms with Crippen LogP contribution in [0.3, 0.4) is 0 Å². The first kappa shape index (κ1) is 19.0. The Bertz CT molecular complexity index is 1150. The summed E-state index contributed by atoms with van der Waals surface area (Å²) in [4.78, 5) is 0. The van der Waals surface area contributed by atoms with Gasteiger partial charge >= 0.3 is 0 Å². The predicted octanol–water partition coefficient (Wildman–Crippen LogP) is 3.78. The second-order valence-electron chi connectivity index (χ2n) is 6.90. The van der Waals surface area contributed by atoms with Gasteiger partial charge in [-0.1, -0.05) is 29.8 Å². The van der Waals surface area contributed by atoms with Crippen molar-refractivity contribution in [2.24, 2.45) is 0 Å². The second kappa shape index (κ2) is 6.92. The molecular weight excluding hydrogens is 398 g/mol. The van der Waals surface area contributed by atoms with Gasteiger partial charge in [-0.25, -0.2) is 13.1 Å². The number of benzene rings is 2. The zero-order valence-electron chi connectivity index (χ0n) is 15.8. The van der Waals surface area contributed by atoms with Crippen LogP contribution in [0.15, 0.2) is 42.5 Å². The van der Waals surface area contributed by atoms with E-state index >= 15 is 0 Å². The first-order chi connectivity index (χ1) is 13.3. The molecule has 0 radical (unpaired) electrons. The van der Waals surface area contributed by atoms with E-state index < -0.39 is 10.0 Å². The van der Waals surface area contributed by atoms with Gasteiger partial charge in [0.05, 0.1) is 31.3 Å². The SMILES string of the molecule is COc1cc(C)ccc1-n1nc2c(c1-c1ccc(Cl)cc1)CN(S(C)(=O)=O)C2. The van der Waals surface area contributed by atoms with Crippen LogP contribution < -0.4 is 4.74 Å². The number of hydrogen-bond donors (Lipinski definition) is 0. The van der Waals surface area contributed by atoms with Crippen molar-refractivity contribution >= 4 is 21.6 Å². The summed E-state index contributed by atoms with van der Waals surface area (Å²) in [6.07, 6.45) is 1.22. The zero-order valence-corrected chi connectivity index (χ0v) is 17.4. The predicted molar refractivity (Wildman–Crippen MR) is 109 cm³/mol. The third-order valence-corrected chi connectivity index (χ3v) is 6.33. The maximum absolute atomic E-state index is 12.0. The molecule has 0 fully saturated rings. The van der Waals surface area contributed by atoms with Crippen LogP contribution in [0.1, 0.15) is 16.8 Å². The van der Waals surface area contributed by atoms with Crippen molar-refractivity contribution in [3.05, 3.63) is 64.3 Å². The molecule has 4 rings (SSSR count). The molecule has 0 bridgehead atoms. The molecule has 8 heteroatoms. The highest BCUT2D eigenvalue weighted by Gasteiger charge is 2.33. The molecule has 6 nitrogen and oxygen atoms in total. The lowest BCUT2D eigenvalue weighted by Crippen LogP contribution is -2.24. The average molecular weight is 418 g/mol. The van der Waals surface area contributed by atoms with Crippen LogP contribution in [0.25, 0.3) is 16.9 Å². The van der Waals surface area contributed by atoms with Gasteiger partial charge in [-0.3, -0.25) is 0 Å². The average Bonchev–Trinajstić information content (AvgIpc) is 3.20. The van der Waals surface area contributed by atoms with Crippen LogP contribution in [-0.4, -0.2) is 35.9 Å². The summed E-state index contributed by atoms with van der Waals surface area (Å²) in [6.45, 7) is 2.55. The summed E-state index contributed by atoms with van der Waals surface area (Å²) in [5.74, 6) is 0.705. The van der Waals surface area contributed by atoms with E-state index in [0.717, 1.165) is 33.8 Å². The molecule has 0 atom stereocenters. The van der Waals surface area contributed by atoms with Crippen molar-refractivity contribution in [1.29, 1.82) is 0 Å². The largest absolute Gasteiger partial charge is 0.494 e. The van der Waals surface area contributed by atoms with Gasteiger partial charge in [0.1, 0.15) is 11.4 Å². The molecular formula is C20H20ClN3O3S. The van der Waals surface area contributed by atoms with E-state index in [1.165, 1.54) is 10.6 Å². The molecule has 146 valence electrons. The van der Waals surface area contributed by atoms with Gasteiger partial charge in [0, 0.05) is 22.7 Å². The van der Waals surface area contributed by atoms with Gasteiger partial charge in [0.15, 0.2) is 0 Å². The number of ether oxygens (including phenoxy) is 1. The minimum Gasteiger partial charge on any atom is -0.494 e. The first-order valence-electron chi connectivity index (χ1n) is 8.75. The number of methoxy groups -OCH3 is 1. The Balaban J connectivity index is 1.93. The molecule has 1 aliphatic rings. The van der Waals surface area contributed by atoms with E-state index in [4.69, 9.17) is 21.4 Å². The second-order valence-corrected chi connectivity index (χ2v) is 9.32. The standard InChI is InChI=1S/C20H20ClN3O3S/c1-13-4-9-18(19(10-13)27-2)24-20(14-5-7-15(21)8-6-14)16-11-23(28(3,25)26)12-17(16)22-24/h4-10H,11-12H2,1-3H3. The van der Waals surface area contributed by atoms with Crippen molar-refractivity contribution in [2.75, 3.05) is 13.4 Å². The maximum atomic E-state index is 12.0. The molecule has 28 heavy (non-hydrogen) atoms. The minimum absolute atomic E-state index is 0.260. The quantitative estimate of drug-likeness (QED) is 0.648. The Kier molecular flexibility index (Phi) is 4.69. The monoisotopic (exact) mass is 417 g/mol. The number of nitrogens with zero attached hydrogens (tertiary/aromatic N) is 3. The Morgan fingerprint density at radius 3 is 2.46 bits per heavy atom. The summed E-state index contributed by atoms with van der Waals surface area (Å²) in [6, 6.07) is 13.4. The molecule has 0 aliphatic carbocycles. The summed E-state index contributed by atoms with van der Waals surface area (Å²) < 4.78 is 32.9. The van der Waals surface area contributed by atoms with E-state index in [1.54, 1.807) is 7.11 Å². The number of halogens is 1. The van der Waals surface area contributed by atoms with Gasteiger partial charge in [0.25, 0.3) is 0 Å². The van der Waals surface area contributed by atoms with E-state index in [-0.39, 0.29) is 6.54 Å². The van der Waals surface area contributed by atoms with Crippen LogP contribution in [0.5, 0.6) is 5.75 Å². The van der Waals surface area contributed by atoms with Gasteiger partial charge < -0.3 is 4.74 Å². The van der Waals surface area contributed by atoms with Crippen molar-refractivity contribution in [3.8, 4) is 22.7 Å². The minimum atomic E-state index is -3.30. The maximum Gasteiger partial charge on any atom is 0.211 e. The van der Waals surface area contributed by atoms with Crippen LogP contribution in [0.4, 0.5) is 0 Å². The van der Waals surface area contributed by atoms with Gasteiger partial charge in [0.2, 0.25) is 10.0 Å². The molecule has 3 aromatic rings. The Morgan fingerprint density at radius 2 is 1.82 bits per heavy atom. The van der Waals surface area contributed by atoms with E-state index in [9.17, 15) is 8.42 Å². The molecule has 1 aliphatic heterocycles. The molecule has 2 heterocycles. The van der Waals surface area contributed by atoms with Crippen molar-refractivity contribution in [2.45, 2.75) is 20.0 Å². The highest BCUT2D eigenvalue weighted by molar-refractivity contribution is 7.88. The molecule has 0 amide bonds. The smallest absolute Gasteiger partial charge is 0.211 e. The number of fused-ring (bicyclic) bond motifs is 1. The normalized spacial score (nSPS) is 14.3. The molecule has 0 unspecified atom stereocenters. The topological polar surface area (TPSA) is 64.4 Å². The number of hydrogen-bond acceptors (Lipinski definition) is 4. The summed E-state index contributed by atoms with van der Waals surface area (Å²) in [5.41, 5.74) is 5.29. The number of aromatic nitrogens is 2. The number of aryl methyl sites for hydroxylation is 1. The summed E-state index contributed by atoms with van der Waals surface area (Å²) >= 11 is 6.07. The fourth-order valence-corrected chi connectivity index (χ4v) is 4.31. The summed E-state index contributed by atoms with van der Waals surface area (Å²) in [7, 11) is -1.68. The Morgan fingerprint density at radius 1 is 1.11 bits per heavy atom. The Labute approximate surface area is 169 Å². The Hall–Kier alpha value is -2.35. The fourth-order valence-electron chi connectivity index (χ4n) is 3.46. The first-order valence-corrected chi connectivity index (χ1v) is 11.0.